The summed E-state index contributed by atoms with van der Waals surface area (Å²) < 4.78 is 20.3. The van der Waals surface area contributed by atoms with Crippen LogP contribution >= 0.6 is 12.2 Å². The summed E-state index contributed by atoms with van der Waals surface area (Å²) in [5, 5.41) is 5.90. The molecule has 1 aliphatic heterocycles. The zero-order valence-corrected chi connectivity index (χ0v) is 25.8. The lowest BCUT2D eigenvalue weighted by Crippen LogP contribution is -2.67. The van der Waals surface area contributed by atoms with E-state index in [0.717, 1.165) is 11.1 Å². The van der Waals surface area contributed by atoms with Crippen LogP contribution in [0.4, 0.5) is 0 Å². The maximum Gasteiger partial charge on any atom is 0.261 e. The van der Waals surface area contributed by atoms with E-state index in [1.807, 2.05) is 36.4 Å². The van der Waals surface area contributed by atoms with Crippen molar-refractivity contribution < 1.29 is 13.9 Å². The van der Waals surface area contributed by atoms with Gasteiger partial charge in [0.05, 0.1) is 25.9 Å². The van der Waals surface area contributed by atoms with E-state index in [2.05, 4.69) is 111 Å². The molecule has 3 unspecified atom stereocenters. The van der Waals surface area contributed by atoms with Crippen molar-refractivity contribution >= 4 is 35.9 Å². The lowest BCUT2D eigenvalue weighted by atomic mass is 10.1. The van der Waals surface area contributed by atoms with Crippen molar-refractivity contribution in [1.82, 2.24) is 5.32 Å². The van der Waals surface area contributed by atoms with Crippen LogP contribution in [0.3, 0.4) is 0 Å². The monoisotopic (exact) mass is 581 g/mol. The lowest BCUT2D eigenvalue weighted by Gasteiger charge is -2.43. The van der Waals surface area contributed by atoms with Crippen molar-refractivity contribution in [2.24, 2.45) is 0 Å². The van der Waals surface area contributed by atoms with Crippen LogP contribution in [0.1, 0.15) is 31.9 Å². The maximum atomic E-state index is 7.27. The number of benzene rings is 4. The second kappa shape index (κ2) is 13.2. The molecule has 0 radical (unpaired) electrons. The van der Waals surface area contributed by atoms with Gasteiger partial charge in [-0.2, -0.15) is 0 Å². The standard InChI is InChI=1S/C35H39NO3SSi/c1-35(2,3)41(29-20-12-6-13-21-29,30-22-14-7-15-23-30)39-26-31-32(37-24-27-16-8-4-9-17-27)33(34(40)36-31)38-25-28-18-10-5-11-19-28/h4-23,31-33H,24-26H2,1-3H3,(H,36,40). The number of rotatable bonds is 11. The van der Waals surface area contributed by atoms with Gasteiger partial charge in [-0.1, -0.05) is 154 Å². The van der Waals surface area contributed by atoms with Crippen molar-refractivity contribution in [1.29, 1.82) is 0 Å². The average Bonchev–Trinajstić information content (AvgIpc) is 3.30. The van der Waals surface area contributed by atoms with Crippen LogP contribution in [0.2, 0.25) is 5.04 Å². The lowest BCUT2D eigenvalue weighted by molar-refractivity contribution is -0.0608. The molecule has 1 heterocycles. The Labute approximate surface area is 250 Å². The molecule has 5 rings (SSSR count). The molecule has 0 aliphatic carbocycles. The highest BCUT2D eigenvalue weighted by Crippen LogP contribution is 2.37. The number of hydrogen-bond acceptors (Lipinski definition) is 4. The fraction of sp³-hybridized carbons (Fsp3) is 0.286. The molecule has 212 valence electrons. The molecular formula is C35H39NO3SSi. The summed E-state index contributed by atoms with van der Waals surface area (Å²) in [5.41, 5.74) is 2.21. The SMILES string of the molecule is CC(C)(C)[Si](OCC1NC(=S)C(OCc2ccccc2)C1OCc1ccccc1)(c1ccccc1)c1ccccc1. The predicted octanol–water partition coefficient (Wildman–Crippen LogP) is 6.03. The minimum atomic E-state index is -2.73. The molecule has 0 amide bonds. The van der Waals surface area contributed by atoms with Crippen LogP contribution in [-0.4, -0.2) is 38.2 Å². The second-order valence-electron chi connectivity index (χ2n) is 11.6. The van der Waals surface area contributed by atoms with Crippen molar-refractivity contribution in [2.45, 2.75) is 57.3 Å². The van der Waals surface area contributed by atoms with Gasteiger partial charge in [-0.15, -0.1) is 0 Å². The number of thiocarbonyl (C=S) groups is 1. The van der Waals surface area contributed by atoms with E-state index in [4.69, 9.17) is 26.1 Å². The van der Waals surface area contributed by atoms with E-state index in [1.54, 1.807) is 0 Å². The molecule has 6 heteroatoms. The van der Waals surface area contributed by atoms with E-state index in [0.29, 0.717) is 24.8 Å². The molecule has 3 atom stereocenters. The second-order valence-corrected chi connectivity index (χ2v) is 16.3. The first-order valence-electron chi connectivity index (χ1n) is 14.2. The van der Waals surface area contributed by atoms with Crippen LogP contribution in [0.5, 0.6) is 0 Å². The fourth-order valence-corrected chi connectivity index (χ4v) is 10.7. The van der Waals surface area contributed by atoms with E-state index in [9.17, 15) is 0 Å². The molecule has 4 aromatic rings. The van der Waals surface area contributed by atoms with Gasteiger partial charge in [0.1, 0.15) is 17.2 Å². The molecule has 41 heavy (non-hydrogen) atoms. The summed E-state index contributed by atoms with van der Waals surface area (Å²) in [7, 11) is -2.73. The quantitative estimate of drug-likeness (QED) is 0.173. The van der Waals surface area contributed by atoms with Crippen LogP contribution in [0, 0.1) is 0 Å². The Morgan fingerprint density at radius 2 is 1.10 bits per heavy atom. The summed E-state index contributed by atoms with van der Waals surface area (Å²) in [6, 6.07) is 41.7. The molecule has 4 aromatic carbocycles. The van der Waals surface area contributed by atoms with Gasteiger partial charge in [0.15, 0.2) is 0 Å². The number of nitrogens with one attached hydrogen (secondary N) is 1. The Bertz CT molecular complexity index is 1340. The fourth-order valence-electron chi connectivity index (χ4n) is 5.72. The van der Waals surface area contributed by atoms with Crippen LogP contribution < -0.4 is 15.7 Å². The molecule has 1 aliphatic rings. The minimum Gasteiger partial charge on any atom is -0.405 e. The van der Waals surface area contributed by atoms with Crippen molar-refractivity contribution in [3.8, 4) is 0 Å². The summed E-state index contributed by atoms with van der Waals surface area (Å²) in [6.45, 7) is 8.25. The van der Waals surface area contributed by atoms with E-state index in [1.165, 1.54) is 10.4 Å². The summed E-state index contributed by atoms with van der Waals surface area (Å²) >= 11 is 5.85. The average molecular weight is 582 g/mol. The van der Waals surface area contributed by atoms with Gasteiger partial charge in [-0.05, 0) is 26.5 Å². The summed E-state index contributed by atoms with van der Waals surface area (Å²) in [5.74, 6) is 0. The Morgan fingerprint density at radius 1 is 0.659 bits per heavy atom. The smallest absolute Gasteiger partial charge is 0.261 e. The molecule has 0 spiro atoms. The molecule has 1 N–H and O–H groups in total. The summed E-state index contributed by atoms with van der Waals surface area (Å²) in [6.07, 6.45) is -0.675. The van der Waals surface area contributed by atoms with Gasteiger partial charge in [0.2, 0.25) is 0 Å². The van der Waals surface area contributed by atoms with E-state index < -0.39 is 8.32 Å². The number of ether oxygens (including phenoxy) is 2. The Balaban J connectivity index is 1.44. The largest absolute Gasteiger partial charge is 0.405 e. The minimum absolute atomic E-state index is 0.127. The number of hydrogen-bond donors (Lipinski definition) is 1. The third-order valence-electron chi connectivity index (χ3n) is 7.73. The van der Waals surface area contributed by atoms with Gasteiger partial charge >= 0.3 is 0 Å². The van der Waals surface area contributed by atoms with Gasteiger partial charge in [0.25, 0.3) is 8.32 Å². The first-order valence-corrected chi connectivity index (χ1v) is 16.6. The third kappa shape index (κ3) is 6.69. The highest BCUT2D eigenvalue weighted by Gasteiger charge is 2.52. The normalized spacial score (nSPS) is 19.2. The third-order valence-corrected chi connectivity index (χ3v) is 13.1. The molecular weight excluding hydrogens is 543 g/mol. The van der Waals surface area contributed by atoms with Crippen molar-refractivity contribution in [3.05, 3.63) is 132 Å². The molecule has 0 saturated carbocycles. The maximum absolute atomic E-state index is 7.27. The van der Waals surface area contributed by atoms with E-state index >= 15 is 0 Å². The van der Waals surface area contributed by atoms with E-state index in [-0.39, 0.29) is 23.3 Å². The highest BCUT2D eigenvalue weighted by atomic mass is 32.1. The highest BCUT2D eigenvalue weighted by molar-refractivity contribution is 7.80. The molecule has 1 fully saturated rings. The first-order chi connectivity index (χ1) is 19.9. The van der Waals surface area contributed by atoms with Gasteiger partial charge in [-0.3, -0.25) is 0 Å². The predicted molar refractivity (Wildman–Crippen MR) is 173 cm³/mol. The zero-order chi connectivity index (χ0) is 28.7. The van der Waals surface area contributed by atoms with Gasteiger partial charge in [-0.25, -0.2) is 0 Å². The summed E-state index contributed by atoms with van der Waals surface area (Å²) in [4.78, 5) is 0.662. The van der Waals surface area contributed by atoms with Crippen LogP contribution in [0.15, 0.2) is 121 Å². The molecule has 0 aromatic heterocycles. The zero-order valence-electron chi connectivity index (χ0n) is 24.0. The molecule has 4 nitrogen and oxygen atoms in total. The van der Waals surface area contributed by atoms with Crippen molar-refractivity contribution in [2.75, 3.05) is 6.61 Å². The Morgan fingerprint density at radius 3 is 1.56 bits per heavy atom. The Hall–Kier alpha value is -3.13. The van der Waals surface area contributed by atoms with Gasteiger partial charge in [0, 0.05) is 0 Å². The topological polar surface area (TPSA) is 39.7 Å². The molecule has 0 bridgehead atoms. The van der Waals surface area contributed by atoms with Crippen LogP contribution in [-0.2, 0) is 27.1 Å². The van der Waals surface area contributed by atoms with Crippen LogP contribution in [0.25, 0.3) is 0 Å². The molecule has 1 saturated heterocycles. The Kier molecular flexibility index (Phi) is 9.48. The van der Waals surface area contributed by atoms with Gasteiger partial charge < -0.3 is 19.2 Å². The van der Waals surface area contributed by atoms with Crippen molar-refractivity contribution in [3.63, 3.8) is 0 Å². The first kappa shape index (κ1) is 29.4.